The summed E-state index contributed by atoms with van der Waals surface area (Å²) >= 11 is 0. The van der Waals surface area contributed by atoms with Crippen molar-refractivity contribution in [1.29, 1.82) is 0 Å². The van der Waals surface area contributed by atoms with Crippen LogP contribution in [-0.2, 0) is 14.3 Å². The van der Waals surface area contributed by atoms with Crippen LogP contribution in [0.5, 0.6) is 0 Å². The highest BCUT2D eigenvalue weighted by Gasteiger charge is 2.33. The van der Waals surface area contributed by atoms with Gasteiger partial charge in [0.2, 0.25) is 0 Å². The summed E-state index contributed by atoms with van der Waals surface area (Å²) < 4.78 is 10.3. The summed E-state index contributed by atoms with van der Waals surface area (Å²) in [6, 6.07) is -0.483. The standard InChI is InChI=1S/C12H21NO4/c1-5-8-6-16-7-9(14)10(8)13-11(15)17-12(2,3)4/h8,10H,5-7H2,1-4H3,(H,13,15). The van der Waals surface area contributed by atoms with E-state index in [1.807, 2.05) is 6.92 Å². The second-order valence-electron chi connectivity index (χ2n) is 5.27. The highest BCUT2D eigenvalue weighted by Crippen LogP contribution is 2.16. The molecule has 1 rings (SSSR count). The number of hydrogen-bond acceptors (Lipinski definition) is 4. The Bertz CT molecular complexity index is 295. The van der Waals surface area contributed by atoms with Crippen molar-refractivity contribution in [3.8, 4) is 0 Å². The van der Waals surface area contributed by atoms with Gasteiger partial charge in [-0.15, -0.1) is 0 Å². The van der Waals surface area contributed by atoms with Crippen LogP contribution < -0.4 is 5.32 Å². The number of carbonyl (C=O) groups is 2. The van der Waals surface area contributed by atoms with E-state index in [0.29, 0.717) is 6.61 Å². The minimum absolute atomic E-state index is 0.0313. The van der Waals surface area contributed by atoms with Crippen LogP contribution in [0.2, 0.25) is 0 Å². The zero-order chi connectivity index (χ0) is 13.1. The van der Waals surface area contributed by atoms with Crippen molar-refractivity contribution in [2.75, 3.05) is 13.2 Å². The van der Waals surface area contributed by atoms with Gasteiger partial charge < -0.3 is 14.8 Å². The van der Waals surface area contributed by atoms with E-state index in [1.54, 1.807) is 20.8 Å². The van der Waals surface area contributed by atoms with Gasteiger partial charge in [-0.25, -0.2) is 4.79 Å². The molecule has 0 aliphatic carbocycles. The normalized spacial score (nSPS) is 25.5. The molecule has 1 aliphatic heterocycles. The molecular weight excluding hydrogens is 222 g/mol. The predicted molar refractivity (Wildman–Crippen MR) is 62.8 cm³/mol. The van der Waals surface area contributed by atoms with Crippen LogP contribution in [0.15, 0.2) is 0 Å². The SMILES string of the molecule is CCC1COCC(=O)C1NC(=O)OC(C)(C)C. The minimum Gasteiger partial charge on any atom is -0.444 e. The molecule has 5 heteroatoms. The molecule has 1 saturated heterocycles. The minimum atomic E-state index is -0.556. The van der Waals surface area contributed by atoms with Crippen LogP contribution in [0.4, 0.5) is 4.79 Å². The Kier molecular flexibility index (Phi) is 4.51. The fraction of sp³-hybridized carbons (Fsp3) is 0.833. The zero-order valence-electron chi connectivity index (χ0n) is 10.9. The van der Waals surface area contributed by atoms with Crippen molar-refractivity contribution < 1.29 is 19.1 Å². The van der Waals surface area contributed by atoms with Gasteiger partial charge in [0.15, 0.2) is 5.78 Å². The van der Waals surface area contributed by atoms with Gasteiger partial charge in [0, 0.05) is 5.92 Å². The molecule has 2 atom stereocenters. The zero-order valence-corrected chi connectivity index (χ0v) is 10.9. The van der Waals surface area contributed by atoms with E-state index in [1.165, 1.54) is 0 Å². The summed E-state index contributed by atoms with van der Waals surface area (Å²) in [5, 5.41) is 2.64. The Morgan fingerprint density at radius 3 is 2.71 bits per heavy atom. The van der Waals surface area contributed by atoms with Crippen molar-refractivity contribution >= 4 is 11.9 Å². The lowest BCUT2D eigenvalue weighted by molar-refractivity contribution is -0.133. The fourth-order valence-corrected chi connectivity index (χ4v) is 1.75. The predicted octanol–water partition coefficient (Wildman–Crippen LogP) is 1.51. The van der Waals surface area contributed by atoms with Crippen LogP contribution in [0.3, 0.4) is 0 Å². The first kappa shape index (κ1) is 14.0. The Balaban J connectivity index is 2.58. The van der Waals surface area contributed by atoms with E-state index in [0.717, 1.165) is 6.42 Å². The fourth-order valence-electron chi connectivity index (χ4n) is 1.75. The molecule has 1 amide bonds. The molecule has 1 N–H and O–H groups in total. The number of ketones is 1. The largest absolute Gasteiger partial charge is 0.444 e. The molecule has 0 radical (unpaired) electrons. The number of alkyl carbamates (subject to hydrolysis) is 1. The van der Waals surface area contributed by atoms with Gasteiger partial charge in [0.1, 0.15) is 12.2 Å². The number of rotatable bonds is 2. The molecule has 0 bridgehead atoms. The van der Waals surface area contributed by atoms with E-state index >= 15 is 0 Å². The monoisotopic (exact) mass is 243 g/mol. The summed E-state index contributed by atoms with van der Waals surface area (Å²) in [4.78, 5) is 23.3. The number of carbonyl (C=O) groups excluding carboxylic acids is 2. The second kappa shape index (κ2) is 5.49. The number of ether oxygens (including phenoxy) is 2. The van der Waals surface area contributed by atoms with E-state index in [9.17, 15) is 9.59 Å². The number of hydrogen-bond donors (Lipinski definition) is 1. The van der Waals surface area contributed by atoms with Crippen LogP contribution in [0.25, 0.3) is 0 Å². The van der Waals surface area contributed by atoms with Crippen molar-refractivity contribution in [2.24, 2.45) is 5.92 Å². The van der Waals surface area contributed by atoms with Crippen molar-refractivity contribution in [1.82, 2.24) is 5.32 Å². The Morgan fingerprint density at radius 1 is 1.53 bits per heavy atom. The van der Waals surface area contributed by atoms with Gasteiger partial charge >= 0.3 is 6.09 Å². The third-order valence-corrected chi connectivity index (χ3v) is 2.59. The lowest BCUT2D eigenvalue weighted by Crippen LogP contribution is -2.52. The lowest BCUT2D eigenvalue weighted by atomic mass is 9.92. The average Bonchev–Trinajstić information content (AvgIpc) is 2.18. The highest BCUT2D eigenvalue weighted by molar-refractivity contribution is 5.89. The summed E-state index contributed by atoms with van der Waals surface area (Å²) in [5.74, 6) is -0.0577. The van der Waals surface area contributed by atoms with Crippen LogP contribution >= 0.6 is 0 Å². The maximum Gasteiger partial charge on any atom is 0.408 e. The van der Waals surface area contributed by atoms with Crippen molar-refractivity contribution in [2.45, 2.75) is 45.8 Å². The molecule has 0 aromatic rings. The third kappa shape index (κ3) is 4.34. The Hall–Kier alpha value is -1.10. The molecule has 0 saturated carbocycles. The molecule has 0 aromatic carbocycles. The van der Waals surface area contributed by atoms with Gasteiger partial charge in [0.25, 0.3) is 0 Å². The Labute approximate surface area is 102 Å². The first-order valence-corrected chi connectivity index (χ1v) is 5.93. The summed E-state index contributed by atoms with van der Waals surface area (Å²) in [6.07, 6.45) is 0.239. The van der Waals surface area contributed by atoms with Gasteiger partial charge in [-0.05, 0) is 27.2 Å². The molecule has 1 aliphatic rings. The van der Waals surface area contributed by atoms with Gasteiger partial charge in [-0.2, -0.15) is 0 Å². The first-order valence-electron chi connectivity index (χ1n) is 5.93. The molecule has 17 heavy (non-hydrogen) atoms. The average molecular weight is 243 g/mol. The maximum absolute atomic E-state index is 11.7. The molecule has 5 nitrogen and oxygen atoms in total. The third-order valence-electron chi connectivity index (χ3n) is 2.59. The molecule has 98 valence electrons. The van der Waals surface area contributed by atoms with E-state index in [4.69, 9.17) is 9.47 Å². The van der Waals surface area contributed by atoms with Gasteiger partial charge in [-0.3, -0.25) is 4.79 Å². The topological polar surface area (TPSA) is 64.6 Å². The van der Waals surface area contributed by atoms with Crippen LogP contribution in [0.1, 0.15) is 34.1 Å². The molecule has 2 unspecified atom stereocenters. The molecule has 0 aromatic heterocycles. The van der Waals surface area contributed by atoms with Crippen LogP contribution in [0, 0.1) is 5.92 Å². The quantitative estimate of drug-likeness (QED) is 0.798. The van der Waals surface area contributed by atoms with Gasteiger partial charge in [-0.1, -0.05) is 6.92 Å². The summed E-state index contributed by atoms with van der Waals surface area (Å²) in [7, 11) is 0. The molecule has 1 fully saturated rings. The second-order valence-corrected chi connectivity index (χ2v) is 5.27. The molecule has 1 heterocycles. The van der Waals surface area contributed by atoms with Crippen molar-refractivity contribution in [3.63, 3.8) is 0 Å². The smallest absolute Gasteiger partial charge is 0.408 e. The lowest BCUT2D eigenvalue weighted by Gasteiger charge is -2.31. The number of Topliss-reactive ketones (excluding diaryl/α,β-unsaturated/α-hetero) is 1. The van der Waals surface area contributed by atoms with Crippen molar-refractivity contribution in [3.05, 3.63) is 0 Å². The summed E-state index contributed by atoms with van der Waals surface area (Å²) in [5.41, 5.74) is -0.556. The maximum atomic E-state index is 11.7. The number of nitrogens with one attached hydrogen (secondary N) is 1. The van der Waals surface area contributed by atoms with Gasteiger partial charge in [0.05, 0.1) is 12.6 Å². The molecular formula is C12H21NO4. The first-order chi connectivity index (χ1) is 7.83. The Morgan fingerprint density at radius 2 is 2.18 bits per heavy atom. The summed E-state index contributed by atoms with van der Waals surface area (Å²) in [6.45, 7) is 7.90. The van der Waals surface area contributed by atoms with E-state index in [-0.39, 0.29) is 18.3 Å². The van der Waals surface area contributed by atoms with Crippen LogP contribution in [-0.4, -0.2) is 36.7 Å². The number of amides is 1. The van der Waals surface area contributed by atoms with E-state index < -0.39 is 17.7 Å². The highest BCUT2D eigenvalue weighted by atomic mass is 16.6. The van der Waals surface area contributed by atoms with E-state index in [2.05, 4.69) is 5.32 Å². The molecule has 0 spiro atoms.